The lowest BCUT2D eigenvalue weighted by molar-refractivity contribution is -0.167. The maximum absolute atomic E-state index is 12.8. The Morgan fingerprint density at radius 3 is 1.11 bits per heavy atom. The predicted octanol–water partition coefficient (Wildman–Crippen LogP) is 16.6. The van der Waals surface area contributed by atoms with Crippen LogP contribution in [0.4, 0.5) is 0 Å². The van der Waals surface area contributed by atoms with Crippen molar-refractivity contribution in [2.45, 2.75) is 245 Å². The zero-order chi connectivity index (χ0) is 44.4. The lowest BCUT2D eigenvalue weighted by Gasteiger charge is -2.18. The van der Waals surface area contributed by atoms with Crippen molar-refractivity contribution >= 4 is 17.9 Å². The Kier molecular flexibility index (Phi) is 46.9. The van der Waals surface area contributed by atoms with E-state index >= 15 is 0 Å². The highest BCUT2D eigenvalue weighted by Gasteiger charge is 2.19. The summed E-state index contributed by atoms with van der Waals surface area (Å²) in [4.78, 5) is 37.9. The first-order chi connectivity index (χ1) is 30.0. The molecule has 0 spiro atoms. The van der Waals surface area contributed by atoms with Crippen molar-refractivity contribution in [3.8, 4) is 0 Å². The third-order valence-electron chi connectivity index (χ3n) is 10.7. The Labute approximate surface area is 376 Å². The maximum Gasteiger partial charge on any atom is 0.306 e. The summed E-state index contributed by atoms with van der Waals surface area (Å²) in [5, 5.41) is 0. The van der Waals surface area contributed by atoms with Crippen LogP contribution in [-0.2, 0) is 28.6 Å². The number of rotatable bonds is 45. The lowest BCUT2D eigenvalue weighted by Crippen LogP contribution is -2.30. The molecule has 61 heavy (non-hydrogen) atoms. The molecular weight excluding hydrogens is 757 g/mol. The molecule has 0 fully saturated rings. The van der Waals surface area contributed by atoms with Gasteiger partial charge in [0.1, 0.15) is 13.2 Å². The number of hydrogen-bond donors (Lipinski definition) is 0. The minimum atomic E-state index is -0.798. The van der Waals surface area contributed by atoms with Crippen LogP contribution in [0.3, 0.4) is 0 Å². The van der Waals surface area contributed by atoms with Gasteiger partial charge >= 0.3 is 17.9 Å². The molecule has 0 aromatic rings. The van der Waals surface area contributed by atoms with Crippen LogP contribution in [0.1, 0.15) is 239 Å². The third kappa shape index (κ3) is 47.7. The summed E-state index contributed by atoms with van der Waals surface area (Å²) in [7, 11) is 0. The smallest absolute Gasteiger partial charge is 0.306 e. The second-order valence-electron chi connectivity index (χ2n) is 16.7. The van der Waals surface area contributed by atoms with Crippen molar-refractivity contribution in [2.24, 2.45) is 0 Å². The Balaban J connectivity index is 4.47. The summed E-state index contributed by atoms with van der Waals surface area (Å²) in [6.07, 6.45) is 61.7. The predicted molar refractivity (Wildman–Crippen MR) is 261 cm³/mol. The minimum absolute atomic E-state index is 0.0960. The van der Waals surface area contributed by atoms with Crippen molar-refractivity contribution < 1.29 is 28.6 Å². The maximum atomic E-state index is 12.8. The van der Waals surface area contributed by atoms with Gasteiger partial charge in [-0.15, -0.1) is 0 Å². The van der Waals surface area contributed by atoms with Crippen molar-refractivity contribution in [1.82, 2.24) is 0 Å². The van der Waals surface area contributed by atoms with Gasteiger partial charge in [-0.3, -0.25) is 14.4 Å². The molecule has 6 heteroatoms. The number of esters is 3. The van der Waals surface area contributed by atoms with Crippen molar-refractivity contribution in [2.75, 3.05) is 13.2 Å². The summed E-state index contributed by atoms with van der Waals surface area (Å²) in [6, 6.07) is 0. The SMILES string of the molecule is CC/C=C\C/C=C\C/C=C\C/C=C\C/C=C\CCCC(=O)OC[C@@H](COC(=O)CCCCCCC/C=C\CCCCC)OC(=O)CCCCCCCCCCCCCCCC. The second kappa shape index (κ2) is 49.5. The van der Waals surface area contributed by atoms with E-state index in [1.54, 1.807) is 0 Å². The average molecular weight is 851 g/mol. The first-order valence-electron chi connectivity index (χ1n) is 25.4. The van der Waals surface area contributed by atoms with Crippen LogP contribution in [-0.4, -0.2) is 37.2 Å². The molecule has 0 saturated carbocycles. The number of unbranched alkanes of at least 4 members (excludes halogenated alkanes) is 22. The van der Waals surface area contributed by atoms with Crippen LogP contribution < -0.4 is 0 Å². The van der Waals surface area contributed by atoms with E-state index in [9.17, 15) is 14.4 Å². The van der Waals surface area contributed by atoms with Gasteiger partial charge in [0, 0.05) is 19.3 Å². The monoisotopic (exact) mass is 851 g/mol. The standard InChI is InChI=1S/C55H94O6/c1-4-7-10-13-16-19-22-25-27-28-29-31-33-36-39-42-45-48-54(57)60-51-52(50-59-53(56)47-44-41-38-35-32-24-21-18-15-12-9-6-3)61-55(58)49-46-43-40-37-34-30-26-23-20-17-14-11-8-5-2/h7,10,16,18-19,21,25,27,29,31,36,39,52H,4-6,8-9,11-15,17,20,22-24,26,28,30,32-35,37-38,40-51H2,1-3H3/b10-7-,19-16-,21-18-,27-25-,31-29-,39-36-/t52-/m1/s1. The van der Waals surface area contributed by atoms with E-state index in [4.69, 9.17) is 14.2 Å². The van der Waals surface area contributed by atoms with Gasteiger partial charge in [0.05, 0.1) is 0 Å². The van der Waals surface area contributed by atoms with Crippen molar-refractivity contribution in [1.29, 1.82) is 0 Å². The molecular formula is C55H94O6. The Hall–Kier alpha value is -3.15. The number of allylic oxidation sites excluding steroid dienone is 12. The second-order valence-corrected chi connectivity index (χ2v) is 16.7. The van der Waals surface area contributed by atoms with Gasteiger partial charge in [0.2, 0.25) is 0 Å². The third-order valence-corrected chi connectivity index (χ3v) is 10.7. The minimum Gasteiger partial charge on any atom is -0.462 e. The quantitative estimate of drug-likeness (QED) is 0.0263. The summed E-state index contributed by atoms with van der Waals surface area (Å²) < 4.78 is 16.7. The van der Waals surface area contributed by atoms with E-state index < -0.39 is 6.10 Å². The number of carbonyl (C=O) groups is 3. The highest BCUT2D eigenvalue weighted by Crippen LogP contribution is 2.15. The van der Waals surface area contributed by atoms with Gasteiger partial charge in [0.15, 0.2) is 6.10 Å². The first kappa shape index (κ1) is 57.9. The molecule has 0 aliphatic carbocycles. The van der Waals surface area contributed by atoms with Gasteiger partial charge in [0.25, 0.3) is 0 Å². The largest absolute Gasteiger partial charge is 0.462 e. The molecule has 0 radical (unpaired) electrons. The fourth-order valence-electron chi connectivity index (χ4n) is 6.88. The van der Waals surface area contributed by atoms with E-state index in [-0.39, 0.29) is 37.5 Å². The molecule has 6 nitrogen and oxygen atoms in total. The Bertz CT molecular complexity index is 1160. The summed E-state index contributed by atoms with van der Waals surface area (Å²) in [5.41, 5.74) is 0. The lowest BCUT2D eigenvalue weighted by atomic mass is 10.0. The van der Waals surface area contributed by atoms with Gasteiger partial charge in [-0.2, -0.15) is 0 Å². The van der Waals surface area contributed by atoms with E-state index in [2.05, 4.69) is 93.7 Å². The molecule has 0 aliphatic heterocycles. The summed E-state index contributed by atoms with van der Waals surface area (Å²) in [6.45, 7) is 6.44. The van der Waals surface area contributed by atoms with E-state index in [1.807, 2.05) is 0 Å². The molecule has 0 N–H and O–H groups in total. The Morgan fingerprint density at radius 1 is 0.344 bits per heavy atom. The van der Waals surface area contributed by atoms with Gasteiger partial charge < -0.3 is 14.2 Å². The molecule has 0 bridgehead atoms. The molecule has 0 aromatic heterocycles. The van der Waals surface area contributed by atoms with Crippen LogP contribution in [0, 0.1) is 0 Å². The number of carbonyl (C=O) groups excluding carboxylic acids is 3. The summed E-state index contributed by atoms with van der Waals surface area (Å²) in [5.74, 6) is -0.963. The molecule has 0 aliphatic rings. The number of hydrogen-bond acceptors (Lipinski definition) is 6. The van der Waals surface area contributed by atoms with E-state index in [1.165, 1.54) is 109 Å². The molecule has 0 aromatic carbocycles. The molecule has 0 saturated heterocycles. The molecule has 0 heterocycles. The van der Waals surface area contributed by atoms with Crippen LogP contribution in [0.5, 0.6) is 0 Å². The van der Waals surface area contributed by atoms with Crippen LogP contribution in [0.15, 0.2) is 72.9 Å². The van der Waals surface area contributed by atoms with E-state index in [0.29, 0.717) is 19.3 Å². The topological polar surface area (TPSA) is 78.9 Å². The van der Waals surface area contributed by atoms with Crippen molar-refractivity contribution in [3.05, 3.63) is 72.9 Å². The molecule has 0 amide bonds. The summed E-state index contributed by atoms with van der Waals surface area (Å²) >= 11 is 0. The van der Waals surface area contributed by atoms with Crippen molar-refractivity contribution in [3.63, 3.8) is 0 Å². The zero-order valence-electron chi connectivity index (χ0n) is 39.9. The van der Waals surface area contributed by atoms with Crippen LogP contribution in [0.2, 0.25) is 0 Å². The average Bonchev–Trinajstić information content (AvgIpc) is 3.26. The molecule has 0 rings (SSSR count). The number of ether oxygens (including phenoxy) is 3. The normalized spacial score (nSPS) is 12.6. The van der Waals surface area contributed by atoms with Gasteiger partial charge in [-0.25, -0.2) is 0 Å². The highest BCUT2D eigenvalue weighted by molar-refractivity contribution is 5.71. The molecule has 1 atom stereocenters. The molecule has 0 unspecified atom stereocenters. The first-order valence-corrected chi connectivity index (χ1v) is 25.4. The van der Waals surface area contributed by atoms with Gasteiger partial charge in [-0.05, 0) is 83.5 Å². The Morgan fingerprint density at radius 2 is 0.656 bits per heavy atom. The fourth-order valence-corrected chi connectivity index (χ4v) is 6.88. The zero-order valence-corrected chi connectivity index (χ0v) is 39.9. The molecule has 350 valence electrons. The van der Waals surface area contributed by atoms with Crippen LogP contribution in [0.25, 0.3) is 0 Å². The van der Waals surface area contributed by atoms with Crippen LogP contribution >= 0.6 is 0 Å². The van der Waals surface area contributed by atoms with E-state index in [0.717, 1.165) is 83.5 Å². The fraction of sp³-hybridized carbons (Fsp3) is 0.727. The highest BCUT2D eigenvalue weighted by atomic mass is 16.6. The van der Waals surface area contributed by atoms with Gasteiger partial charge in [-0.1, -0.05) is 209 Å².